The molecule has 41 heavy (non-hydrogen) atoms. The van der Waals surface area contributed by atoms with Crippen LogP contribution in [-0.2, 0) is 15.1 Å². The maximum atomic E-state index is 12.6. The number of aliphatic hydroxyl groups excluding tert-OH is 1. The number of aliphatic hydroxyl groups is 1. The largest absolute Gasteiger partial charge is 0.497 e. The lowest BCUT2D eigenvalue weighted by Gasteiger charge is -2.37. The van der Waals surface area contributed by atoms with Crippen LogP contribution in [0.1, 0.15) is 29.2 Å². The van der Waals surface area contributed by atoms with Crippen molar-refractivity contribution in [2.75, 3.05) is 27.9 Å². The summed E-state index contributed by atoms with van der Waals surface area (Å²) in [5.41, 5.74) is 0.575. The highest BCUT2D eigenvalue weighted by Gasteiger charge is 2.46. The first-order chi connectivity index (χ1) is 19.9. The van der Waals surface area contributed by atoms with E-state index in [1.165, 1.54) is 23.9 Å². The fourth-order valence-corrected chi connectivity index (χ4v) is 5.81. The van der Waals surface area contributed by atoms with Crippen LogP contribution >= 0.6 is 0 Å². The number of nitrogens with one attached hydrogen (secondary N) is 1. The molecule has 0 amide bonds. The molecule has 0 aliphatic heterocycles. The SMILES string of the molecule is COc1ccc(C(OC[C@H]2C[C@@H](n3ccc(=O)[nH]c3=O)[C@H](OC)[C@@H]2O)(c2ccccc2)c2ccc(OC)cc2)cc1. The molecule has 1 saturated carbocycles. The Balaban J connectivity index is 1.57. The maximum absolute atomic E-state index is 12.6. The summed E-state index contributed by atoms with van der Waals surface area (Å²) in [4.78, 5) is 26.5. The van der Waals surface area contributed by atoms with E-state index in [9.17, 15) is 14.7 Å². The number of aromatic nitrogens is 2. The van der Waals surface area contributed by atoms with Gasteiger partial charge in [-0.15, -0.1) is 0 Å². The van der Waals surface area contributed by atoms with E-state index in [1.807, 2.05) is 78.9 Å². The summed E-state index contributed by atoms with van der Waals surface area (Å²) in [7, 11) is 4.75. The third-order valence-electron chi connectivity index (χ3n) is 7.91. The van der Waals surface area contributed by atoms with Crippen molar-refractivity contribution < 1.29 is 24.1 Å². The van der Waals surface area contributed by atoms with Gasteiger partial charge in [-0.3, -0.25) is 14.3 Å². The highest BCUT2D eigenvalue weighted by Crippen LogP contribution is 2.44. The average molecular weight is 559 g/mol. The maximum Gasteiger partial charge on any atom is 0.328 e. The van der Waals surface area contributed by atoms with Gasteiger partial charge < -0.3 is 24.1 Å². The van der Waals surface area contributed by atoms with Crippen LogP contribution in [0.3, 0.4) is 0 Å². The van der Waals surface area contributed by atoms with Crippen molar-refractivity contribution in [1.29, 1.82) is 0 Å². The number of H-pyrrole nitrogens is 1. The van der Waals surface area contributed by atoms with Gasteiger partial charge in [-0.2, -0.15) is 0 Å². The first-order valence-electron chi connectivity index (χ1n) is 13.4. The summed E-state index contributed by atoms with van der Waals surface area (Å²) in [5, 5.41) is 11.3. The third-order valence-corrected chi connectivity index (χ3v) is 7.91. The second-order valence-corrected chi connectivity index (χ2v) is 10.1. The molecule has 3 aromatic carbocycles. The number of ether oxygens (including phenoxy) is 4. The molecule has 9 heteroatoms. The van der Waals surface area contributed by atoms with Crippen LogP contribution in [0.5, 0.6) is 11.5 Å². The van der Waals surface area contributed by atoms with Crippen LogP contribution in [0.2, 0.25) is 0 Å². The molecule has 0 bridgehead atoms. The van der Waals surface area contributed by atoms with Gasteiger partial charge >= 0.3 is 5.69 Å². The van der Waals surface area contributed by atoms with Gasteiger partial charge in [-0.1, -0.05) is 54.6 Å². The number of rotatable bonds is 10. The lowest BCUT2D eigenvalue weighted by molar-refractivity contribution is -0.0596. The first kappa shape index (κ1) is 28.4. The van der Waals surface area contributed by atoms with Gasteiger partial charge in [-0.05, 0) is 47.4 Å². The summed E-state index contributed by atoms with van der Waals surface area (Å²) in [6.07, 6.45) is 0.266. The Bertz CT molecular complexity index is 1500. The minimum atomic E-state index is -1.05. The van der Waals surface area contributed by atoms with Crippen molar-refractivity contribution in [3.05, 3.63) is 129 Å². The fraction of sp³-hybridized carbons (Fsp3) is 0.312. The molecular formula is C32H34N2O7. The highest BCUT2D eigenvalue weighted by molar-refractivity contribution is 5.49. The molecule has 1 heterocycles. The number of methoxy groups -OCH3 is 3. The molecule has 1 aromatic heterocycles. The highest BCUT2D eigenvalue weighted by atomic mass is 16.5. The smallest absolute Gasteiger partial charge is 0.328 e. The van der Waals surface area contributed by atoms with Crippen LogP contribution in [-0.4, -0.2) is 54.8 Å². The van der Waals surface area contributed by atoms with Gasteiger partial charge in [0.1, 0.15) is 23.2 Å². The third kappa shape index (κ3) is 5.44. The number of hydrogen-bond acceptors (Lipinski definition) is 7. The minimum absolute atomic E-state index is 0.155. The normalized spacial score (nSPS) is 20.6. The van der Waals surface area contributed by atoms with Gasteiger partial charge in [0.2, 0.25) is 0 Å². The molecular weight excluding hydrogens is 524 g/mol. The lowest BCUT2D eigenvalue weighted by atomic mass is 9.79. The van der Waals surface area contributed by atoms with Crippen LogP contribution in [0.15, 0.2) is 101 Å². The standard InChI is InChI=1S/C32H34N2O7/c1-38-25-13-9-23(10-14-25)32(22-7-5-4-6-8-22,24-11-15-26(39-2)16-12-24)41-20-21-19-27(30(40-3)29(21)36)34-18-17-28(35)33-31(34)37/h4-18,21,27,29-30,36H,19-20H2,1-3H3,(H,33,35,37)/t21-,27-,29-,30+/m1/s1. The zero-order valence-electron chi connectivity index (χ0n) is 23.2. The minimum Gasteiger partial charge on any atom is -0.497 e. The number of hydrogen-bond donors (Lipinski definition) is 2. The molecule has 1 fully saturated rings. The molecule has 9 nitrogen and oxygen atoms in total. The Kier molecular flexibility index (Phi) is 8.39. The molecule has 0 radical (unpaired) electrons. The Labute approximate surface area is 237 Å². The molecule has 1 aliphatic carbocycles. The van der Waals surface area contributed by atoms with Crippen molar-refractivity contribution in [3.63, 3.8) is 0 Å². The van der Waals surface area contributed by atoms with Gasteiger partial charge in [0, 0.05) is 25.3 Å². The topological polar surface area (TPSA) is 112 Å². The van der Waals surface area contributed by atoms with E-state index < -0.39 is 35.1 Å². The predicted molar refractivity (Wildman–Crippen MR) is 154 cm³/mol. The molecule has 0 unspecified atom stereocenters. The van der Waals surface area contributed by atoms with E-state index in [-0.39, 0.29) is 12.5 Å². The Morgan fingerprint density at radius 3 is 1.90 bits per heavy atom. The second-order valence-electron chi connectivity index (χ2n) is 10.1. The van der Waals surface area contributed by atoms with E-state index in [2.05, 4.69) is 4.98 Å². The number of aromatic amines is 1. The van der Waals surface area contributed by atoms with Gasteiger partial charge in [0.25, 0.3) is 5.56 Å². The zero-order valence-corrected chi connectivity index (χ0v) is 23.2. The Morgan fingerprint density at radius 2 is 1.39 bits per heavy atom. The van der Waals surface area contributed by atoms with Crippen LogP contribution < -0.4 is 20.7 Å². The second kappa shape index (κ2) is 12.1. The number of nitrogens with zero attached hydrogens (tertiary/aromatic N) is 1. The predicted octanol–water partition coefficient (Wildman–Crippen LogP) is 3.50. The molecule has 5 rings (SSSR count). The van der Waals surface area contributed by atoms with Crippen molar-refractivity contribution in [1.82, 2.24) is 9.55 Å². The Hall–Kier alpha value is -4.18. The molecule has 4 aromatic rings. The van der Waals surface area contributed by atoms with Crippen molar-refractivity contribution >= 4 is 0 Å². The average Bonchev–Trinajstić information content (AvgIpc) is 3.33. The molecule has 0 saturated heterocycles. The van der Waals surface area contributed by atoms with Crippen LogP contribution in [0.25, 0.3) is 0 Å². The lowest BCUT2D eigenvalue weighted by Crippen LogP contribution is -2.39. The van der Waals surface area contributed by atoms with E-state index in [1.54, 1.807) is 14.2 Å². The molecule has 2 N–H and O–H groups in total. The van der Waals surface area contributed by atoms with Gasteiger partial charge in [-0.25, -0.2) is 4.79 Å². The zero-order chi connectivity index (χ0) is 29.0. The Morgan fingerprint density at radius 1 is 0.829 bits per heavy atom. The molecule has 214 valence electrons. The summed E-state index contributed by atoms with van der Waals surface area (Å²) in [6, 6.07) is 26.2. The van der Waals surface area contributed by atoms with Crippen molar-refractivity contribution in [3.8, 4) is 11.5 Å². The monoisotopic (exact) mass is 558 g/mol. The van der Waals surface area contributed by atoms with E-state index >= 15 is 0 Å². The van der Waals surface area contributed by atoms with Crippen molar-refractivity contribution in [2.24, 2.45) is 5.92 Å². The molecule has 1 aliphatic rings. The van der Waals surface area contributed by atoms with Gasteiger partial charge in [0.15, 0.2) is 0 Å². The van der Waals surface area contributed by atoms with Crippen LogP contribution in [0.4, 0.5) is 0 Å². The summed E-state index contributed by atoms with van der Waals surface area (Å²) < 4.78 is 24.9. The molecule has 0 spiro atoms. The van der Waals surface area contributed by atoms with E-state index in [0.29, 0.717) is 17.9 Å². The van der Waals surface area contributed by atoms with Gasteiger partial charge in [0.05, 0.1) is 33.0 Å². The first-order valence-corrected chi connectivity index (χ1v) is 13.4. The molecule has 4 atom stereocenters. The van der Waals surface area contributed by atoms with E-state index in [4.69, 9.17) is 18.9 Å². The van der Waals surface area contributed by atoms with Crippen molar-refractivity contribution in [2.45, 2.75) is 30.3 Å². The fourth-order valence-electron chi connectivity index (χ4n) is 5.81. The summed E-state index contributed by atoms with van der Waals surface area (Å²) in [5.74, 6) is 1.06. The van der Waals surface area contributed by atoms with E-state index in [0.717, 1.165) is 16.7 Å². The quantitative estimate of drug-likeness (QED) is 0.287. The van der Waals surface area contributed by atoms with Crippen LogP contribution in [0, 0.1) is 5.92 Å². The number of benzene rings is 3. The summed E-state index contributed by atoms with van der Waals surface area (Å²) in [6.45, 7) is 0.155. The summed E-state index contributed by atoms with van der Waals surface area (Å²) >= 11 is 0.